The summed E-state index contributed by atoms with van der Waals surface area (Å²) in [5, 5.41) is 0. The van der Waals surface area contributed by atoms with E-state index in [1.165, 1.54) is 89.9 Å². The zero-order valence-electron chi connectivity index (χ0n) is 14.2. The first kappa shape index (κ1) is 18.5. The summed E-state index contributed by atoms with van der Waals surface area (Å²) in [6.07, 6.45) is 20.5. The van der Waals surface area contributed by atoms with Crippen molar-refractivity contribution < 1.29 is 9.53 Å². The molecule has 0 spiro atoms. The van der Waals surface area contributed by atoms with Gasteiger partial charge in [-0.25, -0.2) is 0 Å². The molecular weight excluding hydrogens is 260 g/mol. The highest BCUT2D eigenvalue weighted by Crippen LogP contribution is 2.20. The minimum absolute atomic E-state index is 0.0321. The minimum atomic E-state index is 0.0321. The number of unbranched alkanes of at least 4 members (excludes halogenated alkanes) is 13. The predicted octanol–water partition coefficient (Wildman–Crippen LogP) is 6.03. The number of hydrogen-bond donors (Lipinski definition) is 0. The molecule has 0 radical (unpaired) electrons. The molecular formula is C19H36O2. The molecule has 2 nitrogen and oxygen atoms in total. The van der Waals surface area contributed by atoms with Crippen molar-refractivity contribution in [3.8, 4) is 0 Å². The molecule has 1 aliphatic heterocycles. The molecule has 21 heavy (non-hydrogen) atoms. The Bertz CT molecular complexity index is 250. The third kappa shape index (κ3) is 9.92. The molecule has 2 heteroatoms. The Morgan fingerprint density at radius 3 is 1.52 bits per heavy atom. The van der Waals surface area contributed by atoms with Gasteiger partial charge in [0.05, 0.1) is 5.92 Å². The van der Waals surface area contributed by atoms with Crippen LogP contribution in [0.4, 0.5) is 0 Å². The van der Waals surface area contributed by atoms with Crippen LogP contribution in [-0.2, 0) is 9.53 Å². The number of esters is 1. The van der Waals surface area contributed by atoms with Gasteiger partial charge in [0.2, 0.25) is 0 Å². The zero-order chi connectivity index (χ0) is 15.2. The van der Waals surface area contributed by atoms with Crippen LogP contribution in [-0.4, -0.2) is 12.6 Å². The van der Waals surface area contributed by atoms with E-state index in [0.29, 0.717) is 6.61 Å². The Balaban J connectivity index is 1.66. The van der Waals surface area contributed by atoms with Crippen molar-refractivity contribution in [3.05, 3.63) is 0 Å². The van der Waals surface area contributed by atoms with E-state index in [-0.39, 0.29) is 11.9 Å². The summed E-state index contributed by atoms with van der Waals surface area (Å²) in [4.78, 5) is 11.0. The van der Waals surface area contributed by atoms with E-state index in [4.69, 9.17) is 4.74 Å². The third-order valence-electron chi connectivity index (χ3n) is 4.67. The minimum Gasteiger partial charge on any atom is -0.464 e. The number of carbonyl (C=O) groups is 1. The topological polar surface area (TPSA) is 26.3 Å². The Morgan fingerprint density at radius 2 is 1.19 bits per heavy atom. The maximum atomic E-state index is 11.0. The Kier molecular flexibility index (Phi) is 11.6. The van der Waals surface area contributed by atoms with Gasteiger partial charge in [0.25, 0.3) is 0 Å². The van der Waals surface area contributed by atoms with Gasteiger partial charge in [-0.2, -0.15) is 0 Å². The highest BCUT2D eigenvalue weighted by Gasteiger charge is 2.29. The molecule has 0 aromatic heterocycles. The first-order chi connectivity index (χ1) is 10.3. The molecule has 1 atom stereocenters. The standard InChI is InChI=1S/C19H36O2/c1-2-3-4-5-6-7-8-9-10-11-12-13-14-15-16-18-17-21-19(18)20/h18H,2-17H2,1H3. The summed E-state index contributed by atoms with van der Waals surface area (Å²) in [6.45, 7) is 2.96. The van der Waals surface area contributed by atoms with E-state index >= 15 is 0 Å². The average molecular weight is 296 g/mol. The van der Waals surface area contributed by atoms with Gasteiger partial charge in [0.1, 0.15) is 6.61 Å². The van der Waals surface area contributed by atoms with Crippen LogP contribution in [0, 0.1) is 5.92 Å². The molecule has 1 unspecified atom stereocenters. The molecule has 0 amide bonds. The lowest BCUT2D eigenvalue weighted by atomic mass is 9.98. The first-order valence-electron chi connectivity index (χ1n) is 9.51. The SMILES string of the molecule is CCCCCCCCCCCCCCCCC1COC1=O. The maximum absolute atomic E-state index is 11.0. The van der Waals surface area contributed by atoms with Gasteiger partial charge in [-0.1, -0.05) is 96.8 Å². The second-order valence-corrected chi connectivity index (χ2v) is 6.71. The predicted molar refractivity (Wildman–Crippen MR) is 89.4 cm³/mol. The molecule has 1 saturated heterocycles. The average Bonchev–Trinajstić information content (AvgIpc) is 2.49. The van der Waals surface area contributed by atoms with E-state index in [9.17, 15) is 4.79 Å². The van der Waals surface area contributed by atoms with E-state index in [1.54, 1.807) is 0 Å². The second kappa shape index (κ2) is 13.2. The van der Waals surface area contributed by atoms with Crippen molar-refractivity contribution in [2.75, 3.05) is 6.61 Å². The molecule has 1 heterocycles. The van der Waals surface area contributed by atoms with Gasteiger partial charge in [-0.15, -0.1) is 0 Å². The van der Waals surface area contributed by atoms with Crippen LogP contribution in [0.15, 0.2) is 0 Å². The van der Waals surface area contributed by atoms with Crippen molar-refractivity contribution >= 4 is 5.97 Å². The third-order valence-corrected chi connectivity index (χ3v) is 4.67. The summed E-state index contributed by atoms with van der Waals surface area (Å²) >= 11 is 0. The van der Waals surface area contributed by atoms with E-state index in [1.807, 2.05) is 0 Å². The van der Waals surface area contributed by atoms with Gasteiger partial charge in [-0.3, -0.25) is 4.79 Å². The van der Waals surface area contributed by atoms with Gasteiger partial charge < -0.3 is 4.74 Å². The van der Waals surface area contributed by atoms with E-state index < -0.39 is 0 Å². The summed E-state index contributed by atoms with van der Waals surface area (Å²) in [5.41, 5.74) is 0. The molecule has 1 fully saturated rings. The smallest absolute Gasteiger partial charge is 0.312 e. The number of carbonyl (C=O) groups excluding carboxylic acids is 1. The summed E-state index contributed by atoms with van der Waals surface area (Å²) < 4.78 is 4.77. The highest BCUT2D eigenvalue weighted by atomic mass is 16.6. The van der Waals surface area contributed by atoms with Crippen molar-refractivity contribution in [1.29, 1.82) is 0 Å². The van der Waals surface area contributed by atoms with Crippen LogP contribution in [0.25, 0.3) is 0 Å². The van der Waals surface area contributed by atoms with Crippen LogP contribution < -0.4 is 0 Å². The fourth-order valence-electron chi connectivity index (χ4n) is 3.06. The van der Waals surface area contributed by atoms with Crippen molar-refractivity contribution in [1.82, 2.24) is 0 Å². The number of ether oxygens (including phenoxy) is 1. The quantitative estimate of drug-likeness (QED) is 0.272. The van der Waals surface area contributed by atoms with Crippen LogP contribution in [0.2, 0.25) is 0 Å². The van der Waals surface area contributed by atoms with Crippen LogP contribution in [0.3, 0.4) is 0 Å². The molecule has 0 aromatic rings. The van der Waals surface area contributed by atoms with Crippen LogP contribution in [0.5, 0.6) is 0 Å². The number of cyclic esters (lactones) is 1. The van der Waals surface area contributed by atoms with Crippen LogP contribution in [0.1, 0.15) is 103 Å². The molecule has 0 N–H and O–H groups in total. The number of hydrogen-bond acceptors (Lipinski definition) is 2. The van der Waals surface area contributed by atoms with Gasteiger partial charge in [0.15, 0.2) is 0 Å². The summed E-state index contributed by atoms with van der Waals surface area (Å²) in [5.74, 6) is 0.270. The molecule has 0 aromatic carbocycles. The fourth-order valence-corrected chi connectivity index (χ4v) is 3.06. The lowest BCUT2D eigenvalue weighted by Gasteiger charge is -2.24. The van der Waals surface area contributed by atoms with Gasteiger partial charge >= 0.3 is 5.97 Å². The molecule has 1 aliphatic rings. The lowest BCUT2D eigenvalue weighted by molar-refractivity contribution is -0.169. The van der Waals surface area contributed by atoms with Crippen LogP contribution >= 0.6 is 0 Å². The largest absolute Gasteiger partial charge is 0.464 e. The maximum Gasteiger partial charge on any atom is 0.312 e. The normalized spacial score (nSPS) is 17.6. The Morgan fingerprint density at radius 1 is 0.762 bits per heavy atom. The van der Waals surface area contributed by atoms with E-state index in [0.717, 1.165) is 6.42 Å². The monoisotopic (exact) mass is 296 g/mol. The van der Waals surface area contributed by atoms with E-state index in [2.05, 4.69) is 6.92 Å². The van der Waals surface area contributed by atoms with Crippen molar-refractivity contribution in [3.63, 3.8) is 0 Å². The molecule has 0 bridgehead atoms. The molecule has 1 rings (SSSR count). The van der Waals surface area contributed by atoms with Crippen molar-refractivity contribution in [2.45, 2.75) is 103 Å². The Labute approximate surface area is 132 Å². The fraction of sp³-hybridized carbons (Fsp3) is 0.947. The van der Waals surface area contributed by atoms with Gasteiger partial charge in [-0.05, 0) is 6.42 Å². The number of rotatable bonds is 15. The zero-order valence-corrected chi connectivity index (χ0v) is 14.2. The second-order valence-electron chi connectivity index (χ2n) is 6.71. The first-order valence-corrected chi connectivity index (χ1v) is 9.51. The van der Waals surface area contributed by atoms with Gasteiger partial charge in [0, 0.05) is 0 Å². The molecule has 124 valence electrons. The lowest BCUT2D eigenvalue weighted by Crippen LogP contribution is -2.34. The summed E-state index contributed by atoms with van der Waals surface area (Å²) in [6, 6.07) is 0. The molecule has 0 saturated carbocycles. The highest BCUT2D eigenvalue weighted by molar-refractivity contribution is 5.77. The molecule has 0 aliphatic carbocycles. The summed E-state index contributed by atoms with van der Waals surface area (Å²) in [7, 11) is 0. The Hall–Kier alpha value is -0.530. The van der Waals surface area contributed by atoms with Crippen molar-refractivity contribution in [2.24, 2.45) is 5.92 Å².